The normalized spacial score (nSPS) is 10.6. The Labute approximate surface area is 142 Å². The average molecular weight is 319 g/mol. The number of hydrogen-bond acceptors (Lipinski definition) is 5. The molecule has 0 aliphatic rings. The summed E-state index contributed by atoms with van der Waals surface area (Å²) in [6.45, 7) is 4.85. The number of nitrogens with zero attached hydrogens (tertiary/aromatic N) is 3. The van der Waals surface area contributed by atoms with Gasteiger partial charge in [0.1, 0.15) is 5.82 Å². The first kappa shape index (κ1) is 15.9. The third-order valence-corrected chi connectivity index (χ3v) is 3.42. The largest absolute Gasteiger partial charge is 0.366 e. The van der Waals surface area contributed by atoms with Gasteiger partial charge in [-0.1, -0.05) is 30.3 Å². The highest BCUT2D eigenvalue weighted by atomic mass is 15.1. The molecule has 0 saturated heterocycles. The van der Waals surface area contributed by atoms with Gasteiger partial charge in [0.2, 0.25) is 5.95 Å². The van der Waals surface area contributed by atoms with E-state index in [9.17, 15) is 0 Å². The van der Waals surface area contributed by atoms with Crippen molar-refractivity contribution < 1.29 is 0 Å². The highest BCUT2D eigenvalue weighted by Gasteiger charge is 2.08. The Balaban J connectivity index is 1.87. The second kappa shape index (κ2) is 7.55. The maximum absolute atomic E-state index is 4.60. The Morgan fingerprint density at radius 3 is 2.54 bits per heavy atom. The summed E-state index contributed by atoms with van der Waals surface area (Å²) in [7, 11) is 0. The molecule has 2 N–H and O–H groups in total. The van der Waals surface area contributed by atoms with E-state index in [2.05, 4.69) is 51.6 Å². The standard InChI is InChI=1S/C19H21N5/c1-14(2)22-19-23-17(16-9-6-10-20-13-16)11-18(24-19)21-12-15-7-4-3-5-8-15/h3-11,13-14H,12H2,1-2H3,(H2,21,22,23,24). The molecule has 0 aliphatic carbocycles. The van der Waals surface area contributed by atoms with Gasteiger partial charge in [0.05, 0.1) is 5.69 Å². The molecule has 0 aliphatic heterocycles. The van der Waals surface area contributed by atoms with E-state index in [1.807, 2.05) is 42.6 Å². The van der Waals surface area contributed by atoms with Gasteiger partial charge in [0.15, 0.2) is 0 Å². The minimum atomic E-state index is 0.260. The third kappa shape index (κ3) is 4.29. The monoisotopic (exact) mass is 319 g/mol. The van der Waals surface area contributed by atoms with Crippen molar-refractivity contribution in [3.63, 3.8) is 0 Å². The SMILES string of the molecule is CC(C)Nc1nc(NCc2ccccc2)cc(-c2cccnc2)n1. The van der Waals surface area contributed by atoms with Gasteiger partial charge in [0, 0.05) is 36.6 Å². The Morgan fingerprint density at radius 1 is 1.00 bits per heavy atom. The minimum Gasteiger partial charge on any atom is -0.366 e. The smallest absolute Gasteiger partial charge is 0.225 e. The van der Waals surface area contributed by atoms with Crippen LogP contribution in [0.2, 0.25) is 0 Å². The van der Waals surface area contributed by atoms with Crippen molar-refractivity contribution >= 4 is 11.8 Å². The summed E-state index contributed by atoms with van der Waals surface area (Å²) in [6.07, 6.45) is 3.56. The number of hydrogen-bond donors (Lipinski definition) is 2. The molecule has 2 aromatic heterocycles. The lowest BCUT2D eigenvalue weighted by Gasteiger charge is -2.13. The average Bonchev–Trinajstić information content (AvgIpc) is 2.61. The van der Waals surface area contributed by atoms with Crippen LogP contribution >= 0.6 is 0 Å². The first-order valence-electron chi connectivity index (χ1n) is 8.04. The van der Waals surface area contributed by atoms with Gasteiger partial charge < -0.3 is 10.6 Å². The lowest BCUT2D eigenvalue weighted by molar-refractivity contribution is 0.874. The Morgan fingerprint density at radius 2 is 1.83 bits per heavy atom. The van der Waals surface area contributed by atoms with Crippen molar-refractivity contribution in [2.45, 2.75) is 26.4 Å². The first-order valence-corrected chi connectivity index (χ1v) is 8.04. The molecule has 0 spiro atoms. The van der Waals surface area contributed by atoms with E-state index in [1.165, 1.54) is 5.56 Å². The molecular formula is C19H21N5. The van der Waals surface area contributed by atoms with Crippen LogP contribution in [0.4, 0.5) is 11.8 Å². The summed E-state index contributed by atoms with van der Waals surface area (Å²) in [5.41, 5.74) is 3.02. The molecular weight excluding hydrogens is 298 g/mol. The highest BCUT2D eigenvalue weighted by Crippen LogP contribution is 2.21. The second-order valence-corrected chi connectivity index (χ2v) is 5.84. The fraction of sp³-hybridized carbons (Fsp3) is 0.211. The van der Waals surface area contributed by atoms with E-state index in [4.69, 9.17) is 0 Å². The van der Waals surface area contributed by atoms with Crippen molar-refractivity contribution in [2.75, 3.05) is 10.6 Å². The van der Waals surface area contributed by atoms with E-state index in [-0.39, 0.29) is 6.04 Å². The first-order chi connectivity index (χ1) is 11.7. The molecule has 0 saturated carbocycles. The molecule has 1 aromatic carbocycles. The van der Waals surface area contributed by atoms with Crippen molar-refractivity contribution in [2.24, 2.45) is 0 Å². The molecule has 5 nitrogen and oxygen atoms in total. The van der Waals surface area contributed by atoms with Crippen LogP contribution in [0.25, 0.3) is 11.3 Å². The zero-order valence-corrected chi connectivity index (χ0v) is 13.9. The third-order valence-electron chi connectivity index (χ3n) is 3.42. The van der Waals surface area contributed by atoms with Crippen molar-refractivity contribution in [3.8, 4) is 11.3 Å². The van der Waals surface area contributed by atoms with Gasteiger partial charge in [-0.15, -0.1) is 0 Å². The van der Waals surface area contributed by atoms with Gasteiger partial charge in [-0.2, -0.15) is 4.98 Å². The number of benzene rings is 1. The minimum absolute atomic E-state index is 0.260. The van der Waals surface area contributed by atoms with E-state index in [0.717, 1.165) is 17.1 Å². The topological polar surface area (TPSA) is 62.7 Å². The molecule has 5 heteroatoms. The number of anilines is 2. The van der Waals surface area contributed by atoms with Crippen LogP contribution in [-0.4, -0.2) is 21.0 Å². The number of nitrogens with one attached hydrogen (secondary N) is 2. The molecule has 0 fully saturated rings. The molecule has 0 atom stereocenters. The number of pyridine rings is 1. The van der Waals surface area contributed by atoms with Crippen LogP contribution < -0.4 is 10.6 Å². The van der Waals surface area contributed by atoms with Crippen LogP contribution in [-0.2, 0) is 6.54 Å². The predicted octanol–water partition coefficient (Wildman–Crippen LogP) is 3.97. The van der Waals surface area contributed by atoms with Gasteiger partial charge in [0.25, 0.3) is 0 Å². The van der Waals surface area contributed by atoms with Crippen LogP contribution in [0.3, 0.4) is 0 Å². The quantitative estimate of drug-likeness (QED) is 0.720. The fourth-order valence-electron chi connectivity index (χ4n) is 2.31. The Kier molecular flexibility index (Phi) is 5.01. The van der Waals surface area contributed by atoms with Crippen LogP contribution in [0, 0.1) is 0 Å². The van der Waals surface area contributed by atoms with E-state index in [0.29, 0.717) is 12.5 Å². The summed E-state index contributed by atoms with van der Waals surface area (Å²) in [4.78, 5) is 13.3. The molecule has 0 radical (unpaired) electrons. The van der Waals surface area contributed by atoms with E-state index < -0.39 is 0 Å². The second-order valence-electron chi connectivity index (χ2n) is 5.84. The van der Waals surface area contributed by atoms with Crippen LogP contribution in [0.1, 0.15) is 19.4 Å². The van der Waals surface area contributed by atoms with Gasteiger partial charge >= 0.3 is 0 Å². The van der Waals surface area contributed by atoms with Crippen molar-refractivity contribution in [1.29, 1.82) is 0 Å². The van der Waals surface area contributed by atoms with E-state index in [1.54, 1.807) is 6.20 Å². The summed E-state index contributed by atoms with van der Waals surface area (Å²) in [6, 6.07) is 16.4. The Hall–Kier alpha value is -2.95. The van der Waals surface area contributed by atoms with Crippen molar-refractivity contribution in [1.82, 2.24) is 15.0 Å². The van der Waals surface area contributed by atoms with Crippen LogP contribution in [0.15, 0.2) is 60.9 Å². The summed E-state index contributed by atoms with van der Waals surface area (Å²) < 4.78 is 0. The van der Waals surface area contributed by atoms with Gasteiger partial charge in [-0.05, 0) is 31.5 Å². The molecule has 3 aromatic rings. The van der Waals surface area contributed by atoms with E-state index >= 15 is 0 Å². The maximum atomic E-state index is 4.60. The number of aromatic nitrogens is 3. The maximum Gasteiger partial charge on any atom is 0.225 e. The lowest BCUT2D eigenvalue weighted by Crippen LogP contribution is -2.14. The zero-order valence-electron chi connectivity index (χ0n) is 13.9. The van der Waals surface area contributed by atoms with Crippen molar-refractivity contribution in [3.05, 3.63) is 66.5 Å². The fourth-order valence-corrected chi connectivity index (χ4v) is 2.31. The molecule has 0 bridgehead atoms. The number of rotatable bonds is 6. The van der Waals surface area contributed by atoms with Gasteiger partial charge in [-0.25, -0.2) is 4.98 Å². The summed E-state index contributed by atoms with van der Waals surface area (Å²) in [5, 5.41) is 6.64. The lowest BCUT2D eigenvalue weighted by atomic mass is 10.2. The predicted molar refractivity (Wildman–Crippen MR) is 97.8 cm³/mol. The molecule has 3 rings (SSSR count). The summed E-state index contributed by atoms with van der Waals surface area (Å²) in [5.74, 6) is 1.40. The molecule has 122 valence electrons. The zero-order chi connectivity index (χ0) is 16.8. The van der Waals surface area contributed by atoms with Gasteiger partial charge in [-0.3, -0.25) is 4.98 Å². The molecule has 24 heavy (non-hydrogen) atoms. The summed E-state index contributed by atoms with van der Waals surface area (Å²) >= 11 is 0. The Bertz CT molecular complexity index is 772. The molecule has 0 amide bonds. The highest BCUT2D eigenvalue weighted by molar-refractivity contribution is 5.63. The molecule has 0 unspecified atom stereocenters. The molecule has 2 heterocycles. The van der Waals surface area contributed by atoms with Crippen LogP contribution in [0.5, 0.6) is 0 Å².